The van der Waals surface area contributed by atoms with Gasteiger partial charge < -0.3 is 0 Å². The van der Waals surface area contributed by atoms with Crippen molar-refractivity contribution in [2.24, 2.45) is 0 Å². The van der Waals surface area contributed by atoms with Crippen molar-refractivity contribution in [3.05, 3.63) is 23.8 Å². The van der Waals surface area contributed by atoms with Crippen molar-refractivity contribution in [1.82, 2.24) is 0 Å². The standard InChI is InChI=1S/C9H16/c1-4-5-6-7-8-9(2)3/h4-5,8H,6-7H2,1-3H3/b5-4+. The first-order valence-corrected chi connectivity index (χ1v) is 3.52. The maximum absolute atomic E-state index is 2.26. The summed E-state index contributed by atoms with van der Waals surface area (Å²) in [4.78, 5) is 0. The molecule has 0 aliphatic rings. The molecule has 0 amide bonds. The second-order valence-electron chi connectivity index (χ2n) is 2.43. The van der Waals surface area contributed by atoms with Crippen molar-refractivity contribution in [3.8, 4) is 0 Å². The molecule has 0 aromatic rings. The van der Waals surface area contributed by atoms with Crippen molar-refractivity contribution in [3.63, 3.8) is 0 Å². The zero-order chi connectivity index (χ0) is 7.11. The Morgan fingerprint density at radius 2 is 1.89 bits per heavy atom. The van der Waals surface area contributed by atoms with Crippen LogP contribution in [0.2, 0.25) is 0 Å². The van der Waals surface area contributed by atoms with Crippen LogP contribution < -0.4 is 0 Å². The lowest BCUT2D eigenvalue weighted by Crippen LogP contribution is -1.66. The largest absolute Gasteiger partial charge is 0.0917 e. The first-order chi connectivity index (χ1) is 4.27. The van der Waals surface area contributed by atoms with Crippen molar-refractivity contribution < 1.29 is 0 Å². The number of unbranched alkanes of at least 4 members (excludes halogenated alkanes) is 1. The Labute approximate surface area is 58.3 Å². The second kappa shape index (κ2) is 5.61. The van der Waals surface area contributed by atoms with Crippen LogP contribution in [-0.4, -0.2) is 0 Å². The van der Waals surface area contributed by atoms with Gasteiger partial charge in [-0.05, 0) is 33.6 Å². The SMILES string of the molecule is C/C=C/CCC=C(C)C. The summed E-state index contributed by atoms with van der Waals surface area (Å²) in [5.74, 6) is 0. The summed E-state index contributed by atoms with van der Waals surface area (Å²) in [6.07, 6.45) is 8.92. The van der Waals surface area contributed by atoms with E-state index in [-0.39, 0.29) is 0 Å². The molecular formula is C9H16. The Kier molecular flexibility index (Phi) is 5.29. The average molecular weight is 124 g/mol. The second-order valence-corrected chi connectivity index (χ2v) is 2.43. The van der Waals surface area contributed by atoms with Crippen LogP contribution >= 0.6 is 0 Å². The smallest absolute Gasteiger partial charge is 0.0314 e. The van der Waals surface area contributed by atoms with Crippen LogP contribution in [0.1, 0.15) is 33.6 Å². The lowest BCUT2D eigenvalue weighted by Gasteiger charge is -1.87. The van der Waals surface area contributed by atoms with Gasteiger partial charge in [0.2, 0.25) is 0 Å². The molecule has 52 valence electrons. The van der Waals surface area contributed by atoms with Crippen LogP contribution in [0.25, 0.3) is 0 Å². The molecule has 0 unspecified atom stereocenters. The molecule has 0 aliphatic carbocycles. The molecule has 0 spiro atoms. The minimum absolute atomic E-state index is 1.18. The van der Waals surface area contributed by atoms with Gasteiger partial charge >= 0.3 is 0 Å². The summed E-state index contributed by atoms with van der Waals surface area (Å²) < 4.78 is 0. The zero-order valence-corrected chi connectivity index (χ0v) is 6.65. The Hall–Kier alpha value is -0.520. The van der Waals surface area contributed by atoms with E-state index in [9.17, 15) is 0 Å². The fraction of sp³-hybridized carbons (Fsp3) is 0.556. The zero-order valence-electron chi connectivity index (χ0n) is 6.65. The first-order valence-electron chi connectivity index (χ1n) is 3.52. The van der Waals surface area contributed by atoms with Gasteiger partial charge in [0.25, 0.3) is 0 Å². The van der Waals surface area contributed by atoms with Crippen LogP contribution in [0.5, 0.6) is 0 Å². The lowest BCUT2D eigenvalue weighted by atomic mass is 10.2. The summed E-state index contributed by atoms with van der Waals surface area (Å²) in [7, 11) is 0. The fourth-order valence-electron chi connectivity index (χ4n) is 0.635. The number of hydrogen-bond acceptors (Lipinski definition) is 0. The van der Waals surface area contributed by atoms with Gasteiger partial charge in [0.05, 0.1) is 0 Å². The fourth-order valence-corrected chi connectivity index (χ4v) is 0.635. The van der Waals surface area contributed by atoms with Gasteiger partial charge in [-0.2, -0.15) is 0 Å². The summed E-state index contributed by atoms with van der Waals surface area (Å²) in [6, 6.07) is 0. The van der Waals surface area contributed by atoms with Crippen molar-refractivity contribution in [1.29, 1.82) is 0 Å². The first kappa shape index (κ1) is 8.48. The van der Waals surface area contributed by atoms with E-state index in [1.807, 2.05) is 0 Å². The normalized spacial score (nSPS) is 10.1. The van der Waals surface area contributed by atoms with E-state index >= 15 is 0 Å². The van der Waals surface area contributed by atoms with Gasteiger partial charge in [-0.3, -0.25) is 0 Å². The van der Waals surface area contributed by atoms with Crippen molar-refractivity contribution in [2.75, 3.05) is 0 Å². The van der Waals surface area contributed by atoms with E-state index in [0.29, 0.717) is 0 Å². The molecular weight excluding hydrogens is 108 g/mol. The molecule has 0 atom stereocenters. The maximum atomic E-state index is 2.26. The monoisotopic (exact) mass is 124 g/mol. The van der Waals surface area contributed by atoms with Crippen LogP contribution in [0.3, 0.4) is 0 Å². The minimum Gasteiger partial charge on any atom is -0.0917 e. The predicted octanol–water partition coefficient (Wildman–Crippen LogP) is 3.31. The van der Waals surface area contributed by atoms with Gasteiger partial charge in [0.15, 0.2) is 0 Å². The highest BCUT2D eigenvalue weighted by Gasteiger charge is 1.76. The molecule has 0 rings (SSSR count). The molecule has 0 N–H and O–H groups in total. The molecule has 0 aliphatic heterocycles. The highest BCUT2D eigenvalue weighted by atomic mass is 13.8. The molecule has 0 saturated carbocycles. The molecule has 9 heavy (non-hydrogen) atoms. The van der Waals surface area contributed by atoms with Crippen LogP contribution in [0.4, 0.5) is 0 Å². The third-order valence-electron chi connectivity index (χ3n) is 1.12. The summed E-state index contributed by atoms with van der Waals surface area (Å²) in [5, 5.41) is 0. The topological polar surface area (TPSA) is 0 Å². The van der Waals surface area contributed by atoms with Crippen LogP contribution in [-0.2, 0) is 0 Å². The van der Waals surface area contributed by atoms with E-state index in [4.69, 9.17) is 0 Å². The van der Waals surface area contributed by atoms with Gasteiger partial charge in [-0.1, -0.05) is 23.8 Å². The average Bonchev–Trinajstić information content (AvgIpc) is 1.80. The Bertz CT molecular complexity index is 103. The van der Waals surface area contributed by atoms with Crippen LogP contribution in [0, 0.1) is 0 Å². The van der Waals surface area contributed by atoms with Gasteiger partial charge in [-0.25, -0.2) is 0 Å². The third-order valence-corrected chi connectivity index (χ3v) is 1.12. The molecule has 0 fully saturated rings. The minimum atomic E-state index is 1.18. The third kappa shape index (κ3) is 7.48. The van der Waals surface area contributed by atoms with E-state index < -0.39 is 0 Å². The summed E-state index contributed by atoms with van der Waals surface area (Å²) in [6.45, 7) is 6.33. The number of hydrogen-bond donors (Lipinski definition) is 0. The Morgan fingerprint density at radius 1 is 1.22 bits per heavy atom. The highest BCUT2D eigenvalue weighted by molar-refractivity contribution is 4.94. The summed E-state index contributed by atoms with van der Waals surface area (Å²) in [5.41, 5.74) is 1.42. The Morgan fingerprint density at radius 3 is 2.33 bits per heavy atom. The van der Waals surface area contributed by atoms with E-state index in [2.05, 4.69) is 39.0 Å². The molecule has 0 nitrogen and oxygen atoms in total. The molecule has 0 saturated heterocycles. The van der Waals surface area contributed by atoms with Crippen molar-refractivity contribution in [2.45, 2.75) is 33.6 Å². The van der Waals surface area contributed by atoms with Crippen molar-refractivity contribution >= 4 is 0 Å². The van der Waals surface area contributed by atoms with Gasteiger partial charge in [0.1, 0.15) is 0 Å². The highest BCUT2D eigenvalue weighted by Crippen LogP contribution is 1.97. The molecule has 0 radical (unpaired) electrons. The number of allylic oxidation sites excluding steroid dienone is 4. The van der Waals surface area contributed by atoms with E-state index in [1.54, 1.807) is 0 Å². The van der Waals surface area contributed by atoms with Crippen LogP contribution in [0.15, 0.2) is 23.8 Å². The van der Waals surface area contributed by atoms with Gasteiger partial charge in [0, 0.05) is 0 Å². The quantitative estimate of drug-likeness (QED) is 0.400. The Balaban J connectivity index is 3.20. The van der Waals surface area contributed by atoms with E-state index in [1.165, 1.54) is 18.4 Å². The molecule has 0 aromatic carbocycles. The maximum Gasteiger partial charge on any atom is -0.0314 e. The van der Waals surface area contributed by atoms with Gasteiger partial charge in [-0.15, -0.1) is 0 Å². The molecule has 0 aromatic heterocycles. The molecule has 0 heteroatoms. The number of rotatable bonds is 3. The predicted molar refractivity (Wildman–Crippen MR) is 43.5 cm³/mol. The molecule has 0 heterocycles. The van der Waals surface area contributed by atoms with E-state index in [0.717, 1.165) is 0 Å². The molecule has 0 bridgehead atoms. The lowest BCUT2D eigenvalue weighted by molar-refractivity contribution is 1.03. The summed E-state index contributed by atoms with van der Waals surface area (Å²) >= 11 is 0.